The first-order valence-electron chi connectivity index (χ1n) is 8.04. The number of benzene rings is 2. The molecule has 1 atom stereocenters. The number of amides is 1. The minimum atomic E-state index is -0.450. The summed E-state index contributed by atoms with van der Waals surface area (Å²) in [6.45, 7) is 3.04. The molecule has 1 unspecified atom stereocenters. The van der Waals surface area contributed by atoms with Crippen LogP contribution in [-0.2, 0) is 4.74 Å². The van der Waals surface area contributed by atoms with Crippen molar-refractivity contribution < 1.29 is 18.7 Å². The molecule has 2 aromatic carbocycles. The van der Waals surface area contributed by atoms with Crippen molar-refractivity contribution in [2.45, 2.75) is 25.9 Å². The Bertz CT molecular complexity index is 726. The van der Waals surface area contributed by atoms with Gasteiger partial charge in [0, 0.05) is 12.2 Å². The molecule has 5 heteroatoms. The van der Waals surface area contributed by atoms with E-state index in [0.717, 1.165) is 25.0 Å². The summed E-state index contributed by atoms with van der Waals surface area (Å²) in [6.07, 6.45) is 2.16. The lowest BCUT2D eigenvalue weighted by Crippen LogP contribution is -2.17. The van der Waals surface area contributed by atoms with Crippen LogP contribution in [0, 0.1) is 12.7 Å². The second-order valence-electron chi connectivity index (χ2n) is 5.91. The molecule has 1 fully saturated rings. The Kier molecular flexibility index (Phi) is 5.11. The maximum Gasteiger partial charge on any atom is 0.255 e. The van der Waals surface area contributed by atoms with E-state index in [0.29, 0.717) is 17.9 Å². The number of hydrogen-bond acceptors (Lipinski definition) is 3. The molecule has 1 saturated heterocycles. The number of halogens is 1. The second kappa shape index (κ2) is 7.45. The number of carbonyl (C=O) groups is 1. The van der Waals surface area contributed by atoms with Gasteiger partial charge in [-0.3, -0.25) is 4.79 Å². The average molecular weight is 329 g/mol. The lowest BCUT2D eigenvalue weighted by Gasteiger charge is -2.12. The van der Waals surface area contributed by atoms with Crippen molar-refractivity contribution in [1.82, 2.24) is 0 Å². The van der Waals surface area contributed by atoms with E-state index in [9.17, 15) is 9.18 Å². The topological polar surface area (TPSA) is 47.6 Å². The van der Waals surface area contributed by atoms with Gasteiger partial charge in [-0.05, 0) is 55.7 Å². The normalized spacial score (nSPS) is 16.8. The summed E-state index contributed by atoms with van der Waals surface area (Å²) in [6, 6.07) is 11.5. The standard InChI is InChI=1S/C19H20FNO3/c1-13-7-8-18(17(20)10-13)21-19(22)14-4-2-5-15(11-14)24-12-16-6-3-9-23-16/h2,4-5,7-8,10-11,16H,3,6,9,12H2,1H3,(H,21,22). The molecule has 1 amide bonds. The minimum absolute atomic E-state index is 0.115. The molecule has 4 nitrogen and oxygen atoms in total. The van der Waals surface area contributed by atoms with Crippen LogP contribution in [-0.4, -0.2) is 25.2 Å². The van der Waals surface area contributed by atoms with Crippen molar-refractivity contribution in [2.24, 2.45) is 0 Å². The van der Waals surface area contributed by atoms with Crippen molar-refractivity contribution in [3.8, 4) is 5.75 Å². The van der Waals surface area contributed by atoms with Gasteiger partial charge in [-0.2, -0.15) is 0 Å². The van der Waals surface area contributed by atoms with Crippen LogP contribution in [0.15, 0.2) is 42.5 Å². The van der Waals surface area contributed by atoms with E-state index in [2.05, 4.69) is 5.32 Å². The zero-order valence-electron chi connectivity index (χ0n) is 13.5. The molecule has 0 aromatic heterocycles. The summed E-state index contributed by atoms with van der Waals surface area (Å²) in [5.41, 5.74) is 1.38. The van der Waals surface area contributed by atoms with Crippen LogP contribution in [0.25, 0.3) is 0 Å². The van der Waals surface area contributed by atoms with Gasteiger partial charge in [0.25, 0.3) is 5.91 Å². The Balaban J connectivity index is 1.65. The minimum Gasteiger partial charge on any atom is -0.491 e. The number of ether oxygens (including phenoxy) is 2. The van der Waals surface area contributed by atoms with Gasteiger partial charge in [-0.15, -0.1) is 0 Å². The van der Waals surface area contributed by atoms with Gasteiger partial charge in [-0.25, -0.2) is 4.39 Å². The first kappa shape index (κ1) is 16.5. The summed E-state index contributed by atoms with van der Waals surface area (Å²) in [5.74, 6) is -0.225. The fraction of sp³-hybridized carbons (Fsp3) is 0.316. The zero-order valence-corrected chi connectivity index (χ0v) is 13.5. The Morgan fingerprint density at radius 3 is 2.96 bits per heavy atom. The highest BCUT2D eigenvalue weighted by Crippen LogP contribution is 2.20. The van der Waals surface area contributed by atoms with Gasteiger partial charge < -0.3 is 14.8 Å². The average Bonchev–Trinajstić information content (AvgIpc) is 3.09. The SMILES string of the molecule is Cc1ccc(NC(=O)c2cccc(OCC3CCCO3)c2)c(F)c1. The van der Waals surface area contributed by atoms with Crippen molar-refractivity contribution in [1.29, 1.82) is 0 Å². The van der Waals surface area contributed by atoms with Crippen LogP contribution < -0.4 is 10.1 Å². The number of hydrogen-bond donors (Lipinski definition) is 1. The van der Waals surface area contributed by atoms with E-state index >= 15 is 0 Å². The maximum absolute atomic E-state index is 13.8. The maximum atomic E-state index is 13.8. The van der Waals surface area contributed by atoms with Gasteiger partial charge in [0.15, 0.2) is 0 Å². The van der Waals surface area contributed by atoms with E-state index < -0.39 is 5.82 Å². The predicted octanol–water partition coefficient (Wildman–Crippen LogP) is 3.94. The zero-order chi connectivity index (χ0) is 16.9. The largest absolute Gasteiger partial charge is 0.491 e. The van der Waals surface area contributed by atoms with Crippen LogP contribution in [0.5, 0.6) is 5.75 Å². The molecule has 0 spiro atoms. The molecule has 0 saturated carbocycles. The molecule has 24 heavy (non-hydrogen) atoms. The molecule has 2 aromatic rings. The van der Waals surface area contributed by atoms with Crippen LogP contribution in [0.4, 0.5) is 10.1 Å². The molecular weight excluding hydrogens is 309 g/mol. The van der Waals surface area contributed by atoms with Gasteiger partial charge in [0.2, 0.25) is 0 Å². The Morgan fingerprint density at radius 2 is 2.21 bits per heavy atom. The van der Waals surface area contributed by atoms with E-state index in [1.165, 1.54) is 6.07 Å². The molecule has 0 radical (unpaired) electrons. The summed E-state index contributed by atoms with van der Waals surface area (Å²) < 4.78 is 25.0. The third kappa shape index (κ3) is 4.11. The van der Waals surface area contributed by atoms with Gasteiger partial charge >= 0.3 is 0 Å². The number of carbonyl (C=O) groups excluding carboxylic acids is 1. The molecule has 0 bridgehead atoms. The predicted molar refractivity (Wildman–Crippen MR) is 90.0 cm³/mol. The van der Waals surface area contributed by atoms with E-state index in [-0.39, 0.29) is 17.7 Å². The first-order valence-corrected chi connectivity index (χ1v) is 8.04. The number of rotatable bonds is 5. The van der Waals surface area contributed by atoms with Gasteiger partial charge in [0.1, 0.15) is 18.2 Å². The van der Waals surface area contributed by atoms with Crippen molar-refractivity contribution in [3.63, 3.8) is 0 Å². The number of anilines is 1. The summed E-state index contributed by atoms with van der Waals surface area (Å²) in [4.78, 5) is 12.3. The molecule has 1 aliphatic heterocycles. The summed E-state index contributed by atoms with van der Waals surface area (Å²) in [7, 11) is 0. The van der Waals surface area contributed by atoms with Crippen LogP contribution in [0.2, 0.25) is 0 Å². The van der Waals surface area contributed by atoms with Gasteiger partial charge in [0.05, 0.1) is 11.8 Å². The second-order valence-corrected chi connectivity index (χ2v) is 5.91. The number of nitrogens with one attached hydrogen (secondary N) is 1. The van der Waals surface area contributed by atoms with Crippen LogP contribution >= 0.6 is 0 Å². The molecule has 0 aliphatic carbocycles. The van der Waals surface area contributed by atoms with Crippen molar-refractivity contribution in [3.05, 3.63) is 59.4 Å². The van der Waals surface area contributed by atoms with E-state index in [4.69, 9.17) is 9.47 Å². The highest BCUT2D eigenvalue weighted by Gasteiger charge is 2.16. The monoisotopic (exact) mass is 329 g/mol. The van der Waals surface area contributed by atoms with E-state index in [1.807, 2.05) is 0 Å². The quantitative estimate of drug-likeness (QED) is 0.904. The lowest BCUT2D eigenvalue weighted by molar-refractivity contribution is 0.0679. The highest BCUT2D eigenvalue weighted by molar-refractivity contribution is 6.04. The van der Waals surface area contributed by atoms with Crippen LogP contribution in [0.3, 0.4) is 0 Å². The third-order valence-corrected chi connectivity index (χ3v) is 3.93. The Hall–Kier alpha value is -2.40. The molecular formula is C19H20FNO3. The molecule has 126 valence electrons. The molecule has 1 heterocycles. The number of aryl methyl sites for hydroxylation is 1. The first-order chi connectivity index (χ1) is 11.6. The highest BCUT2D eigenvalue weighted by atomic mass is 19.1. The van der Waals surface area contributed by atoms with Gasteiger partial charge in [-0.1, -0.05) is 12.1 Å². The molecule has 1 aliphatic rings. The lowest BCUT2D eigenvalue weighted by atomic mass is 10.1. The Labute approximate surface area is 140 Å². The molecule has 1 N–H and O–H groups in total. The molecule has 3 rings (SSSR count). The van der Waals surface area contributed by atoms with Crippen LogP contribution in [0.1, 0.15) is 28.8 Å². The Morgan fingerprint density at radius 1 is 1.33 bits per heavy atom. The smallest absolute Gasteiger partial charge is 0.255 e. The summed E-state index contributed by atoms with van der Waals surface area (Å²) in [5, 5.41) is 2.58. The van der Waals surface area contributed by atoms with Crippen molar-refractivity contribution >= 4 is 11.6 Å². The third-order valence-electron chi connectivity index (χ3n) is 3.93. The van der Waals surface area contributed by atoms with Crippen molar-refractivity contribution in [2.75, 3.05) is 18.5 Å². The van der Waals surface area contributed by atoms with E-state index in [1.54, 1.807) is 43.3 Å². The summed E-state index contributed by atoms with van der Waals surface area (Å²) >= 11 is 0. The fourth-order valence-electron chi connectivity index (χ4n) is 2.61. The fourth-order valence-corrected chi connectivity index (χ4v) is 2.61.